The number of nitriles is 1. The molecule has 41 heavy (non-hydrogen) atoms. The number of nitrogens with one attached hydrogen (secondary N) is 2. The zero-order valence-corrected chi connectivity index (χ0v) is 20.6. The summed E-state index contributed by atoms with van der Waals surface area (Å²) in [5.74, 6) is -7.06. The Bertz CT molecular complexity index is 1550. The lowest BCUT2D eigenvalue weighted by molar-refractivity contribution is -0.348. The second-order valence-corrected chi connectivity index (χ2v) is 8.61. The Labute approximate surface area is 224 Å². The molecule has 2 N–H and O–H groups in total. The number of hydrogen-bond acceptors (Lipinski definition) is 3. The van der Waals surface area contributed by atoms with Crippen molar-refractivity contribution in [3.05, 3.63) is 93.3 Å². The highest BCUT2D eigenvalue weighted by Gasteiger charge is 2.73. The van der Waals surface area contributed by atoms with Gasteiger partial charge in [0.1, 0.15) is 23.3 Å². The Balaban J connectivity index is 2.05. The van der Waals surface area contributed by atoms with E-state index in [2.05, 4.69) is 0 Å². The van der Waals surface area contributed by atoms with Crippen LogP contribution in [0, 0.1) is 42.6 Å². The molecule has 0 radical (unpaired) electrons. The SMILES string of the molecule is Cc1cc(C(F)(C(F)(F)F)C(F)(F)F)cc(C)c1NC(=O)c1cc(F)c(C#N)c(NC(=O)c2ccccc2F)c1F. The van der Waals surface area contributed by atoms with Gasteiger partial charge in [0.05, 0.1) is 16.8 Å². The Morgan fingerprint density at radius 1 is 0.732 bits per heavy atom. The van der Waals surface area contributed by atoms with E-state index in [0.717, 1.165) is 26.0 Å². The van der Waals surface area contributed by atoms with Gasteiger partial charge in [-0.25, -0.2) is 17.6 Å². The molecule has 0 bridgehead atoms. The van der Waals surface area contributed by atoms with Gasteiger partial charge in [-0.1, -0.05) is 24.3 Å². The summed E-state index contributed by atoms with van der Waals surface area (Å²) < 4.78 is 137. The number of carbonyl (C=O) groups excluding carboxylic acids is 2. The monoisotopic (exact) mass is 591 g/mol. The highest BCUT2D eigenvalue weighted by Crippen LogP contribution is 2.53. The lowest BCUT2D eigenvalue weighted by Crippen LogP contribution is -2.50. The molecular weight excluding hydrogens is 576 g/mol. The maximum atomic E-state index is 15.3. The van der Waals surface area contributed by atoms with Crippen molar-refractivity contribution in [1.29, 1.82) is 5.26 Å². The maximum Gasteiger partial charge on any atom is 0.435 e. The molecule has 3 rings (SSSR count). The first-order chi connectivity index (χ1) is 18.8. The van der Waals surface area contributed by atoms with Crippen LogP contribution in [0.15, 0.2) is 42.5 Å². The molecule has 3 aromatic rings. The summed E-state index contributed by atoms with van der Waals surface area (Å²) in [5.41, 5.74) is -13.1. The van der Waals surface area contributed by atoms with E-state index in [9.17, 15) is 54.4 Å². The highest BCUT2D eigenvalue weighted by molar-refractivity contribution is 6.09. The molecule has 216 valence electrons. The minimum Gasteiger partial charge on any atom is -0.321 e. The lowest BCUT2D eigenvalue weighted by Gasteiger charge is -2.31. The molecule has 0 atom stereocenters. The number of halogens is 10. The molecule has 0 unspecified atom stereocenters. The largest absolute Gasteiger partial charge is 0.435 e. The van der Waals surface area contributed by atoms with E-state index in [-0.39, 0.29) is 18.2 Å². The number of carbonyl (C=O) groups is 2. The molecule has 0 saturated carbocycles. The molecule has 5 nitrogen and oxygen atoms in total. The zero-order valence-electron chi connectivity index (χ0n) is 20.6. The van der Waals surface area contributed by atoms with Crippen LogP contribution in [0.25, 0.3) is 0 Å². The summed E-state index contributed by atoms with van der Waals surface area (Å²) in [4.78, 5) is 25.3. The van der Waals surface area contributed by atoms with Gasteiger partial charge >= 0.3 is 18.0 Å². The van der Waals surface area contributed by atoms with E-state index in [1.54, 1.807) is 0 Å². The lowest BCUT2D eigenvalue weighted by atomic mass is 9.90. The molecular formula is C26H15F10N3O2. The first kappa shape index (κ1) is 30.9. The Morgan fingerprint density at radius 3 is 1.71 bits per heavy atom. The normalized spacial score (nSPS) is 12.1. The topological polar surface area (TPSA) is 82.0 Å². The van der Waals surface area contributed by atoms with Crippen molar-refractivity contribution in [2.75, 3.05) is 10.6 Å². The van der Waals surface area contributed by atoms with Gasteiger partial charge in [-0.3, -0.25) is 9.59 Å². The Kier molecular flexibility index (Phi) is 8.11. The molecule has 0 aliphatic heterocycles. The van der Waals surface area contributed by atoms with Crippen LogP contribution in [-0.4, -0.2) is 24.2 Å². The number of benzene rings is 3. The van der Waals surface area contributed by atoms with Crippen LogP contribution in [0.3, 0.4) is 0 Å². The van der Waals surface area contributed by atoms with Crippen LogP contribution in [0.4, 0.5) is 55.3 Å². The molecule has 15 heteroatoms. The number of amides is 2. The molecule has 2 amide bonds. The summed E-state index contributed by atoms with van der Waals surface area (Å²) >= 11 is 0. The Morgan fingerprint density at radius 2 is 1.22 bits per heavy atom. The van der Waals surface area contributed by atoms with Gasteiger partial charge in [-0.2, -0.15) is 31.6 Å². The molecule has 0 aromatic heterocycles. The second kappa shape index (κ2) is 10.8. The number of rotatable bonds is 5. The van der Waals surface area contributed by atoms with Crippen molar-refractivity contribution in [3.8, 4) is 6.07 Å². The number of alkyl halides is 7. The molecule has 0 fully saturated rings. The first-order valence-electron chi connectivity index (χ1n) is 11.1. The van der Waals surface area contributed by atoms with E-state index in [0.29, 0.717) is 0 Å². The highest BCUT2D eigenvalue weighted by atomic mass is 19.4. The molecule has 0 heterocycles. The third-order valence-electron chi connectivity index (χ3n) is 5.88. The van der Waals surface area contributed by atoms with E-state index < -0.39 is 92.0 Å². The van der Waals surface area contributed by atoms with Crippen molar-refractivity contribution >= 4 is 23.2 Å². The average Bonchev–Trinajstić information content (AvgIpc) is 2.86. The molecule has 0 saturated heterocycles. The van der Waals surface area contributed by atoms with Gasteiger partial charge in [0, 0.05) is 11.3 Å². The number of hydrogen-bond donors (Lipinski definition) is 2. The van der Waals surface area contributed by atoms with Gasteiger partial charge in [0.25, 0.3) is 11.8 Å². The van der Waals surface area contributed by atoms with Crippen LogP contribution in [0.5, 0.6) is 0 Å². The van der Waals surface area contributed by atoms with Crippen LogP contribution in [-0.2, 0) is 5.67 Å². The fraction of sp³-hybridized carbons (Fsp3) is 0.192. The smallest absolute Gasteiger partial charge is 0.321 e. The summed E-state index contributed by atoms with van der Waals surface area (Å²) in [6, 6.07) is 6.24. The van der Waals surface area contributed by atoms with Crippen molar-refractivity contribution < 1.29 is 53.5 Å². The van der Waals surface area contributed by atoms with Gasteiger partial charge in [-0.15, -0.1) is 0 Å². The van der Waals surface area contributed by atoms with Crippen molar-refractivity contribution in [3.63, 3.8) is 0 Å². The van der Waals surface area contributed by atoms with Crippen LogP contribution >= 0.6 is 0 Å². The predicted molar refractivity (Wildman–Crippen MR) is 124 cm³/mol. The van der Waals surface area contributed by atoms with Crippen LogP contribution in [0.1, 0.15) is 43.0 Å². The minimum atomic E-state index is -6.40. The molecule has 3 aromatic carbocycles. The van der Waals surface area contributed by atoms with Crippen LogP contribution in [0.2, 0.25) is 0 Å². The fourth-order valence-electron chi connectivity index (χ4n) is 3.87. The van der Waals surface area contributed by atoms with E-state index in [4.69, 9.17) is 0 Å². The van der Waals surface area contributed by atoms with Gasteiger partial charge in [0.15, 0.2) is 5.82 Å². The summed E-state index contributed by atoms with van der Waals surface area (Å²) in [6.45, 7) is 1.85. The fourth-order valence-corrected chi connectivity index (χ4v) is 3.87. The Hall–Kier alpha value is -4.61. The predicted octanol–water partition coefficient (Wildman–Crippen LogP) is 7.39. The number of aryl methyl sites for hydroxylation is 2. The minimum absolute atomic E-state index is 0.180. The van der Waals surface area contributed by atoms with Gasteiger partial charge < -0.3 is 10.6 Å². The zero-order chi connectivity index (χ0) is 31.1. The molecule has 0 aliphatic rings. The van der Waals surface area contributed by atoms with Crippen molar-refractivity contribution in [1.82, 2.24) is 0 Å². The third-order valence-corrected chi connectivity index (χ3v) is 5.88. The van der Waals surface area contributed by atoms with Crippen LogP contribution < -0.4 is 10.6 Å². The van der Waals surface area contributed by atoms with E-state index >= 15 is 4.39 Å². The maximum absolute atomic E-state index is 15.3. The second-order valence-electron chi connectivity index (χ2n) is 8.61. The standard InChI is InChI=1S/C26H15F10N3O2/c1-11-7-13(24(30,25(31,32)33)26(34,35)36)8-12(2)20(11)38-23(41)15-9-18(28)16(10-37)21(19(15)29)39-22(40)14-5-3-4-6-17(14)27/h3-9H,1-2H3,(H,38,41)(H,39,40). The summed E-state index contributed by atoms with van der Waals surface area (Å²) in [7, 11) is 0. The average molecular weight is 591 g/mol. The molecule has 0 spiro atoms. The summed E-state index contributed by atoms with van der Waals surface area (Å²) in [6.07, 6.45) is -12.8. The third kappa shape index (κ3) is 5.54. The van der Waals surface area contributed by atoms with E-state index in [1.807, 2.05) is 10.6 Å². The van der Waals surface area contributed by atoms with Gasteiger partial charge in [-0.05, 0) is 43.2 Å². The van der Waals surface area contributed by atoms with Crippen molar-refractivity contribution in [2.24, 2.45) is 0 Å². The van der Waals surface area contributed by atoms with E-state index in [1.165, 1.54) is 18.2 Å². The summed E-state index contributed by atoms with van der Waals surface area (Å²) in [5, 5.41) is 13.0. The van der Waals surface area contributed by atoms with Gasteiger partial charge in [0.2, 0.25) is 0 Å². The first-order valence-corrected chi connectivity index (χ1v) is 11.1. The van der Waals surface area contributed by atoms with Crippen molar-refractivity contribution in [2.45, 2.75) is 31.9 Å². The number of nitrogens with zero attached hydrogens (tertiary/aromatic N) is 1. The quantitative estimate of drug-likeness (QED) is 0.304. The number of anilines is 2. The molecule has 0 aliphatic carbocycles.